The summed E-state index contributed by atoms with van der Waals surface area (Å²) in [5.41, 5.74) is 1.74. The predicted molar refractivity (Wildman–Crippen MR) is 80.9 cm³/mol. The molecule has 3 atom stereocenters. The van der Waals surface area contributed by atoms with Crippen molar-refractivity contribution in [3.05, 3.63) is 40.6 Å². The van der Waals surface area contributed by atoms with Crippen molar-refractivity contribution in [3.63, 3.8) is 0 Å². The number of aromatic nitrogens is 1. The molecule has 5 heteroatoms. The fraction of sp³-hybridized carbons (Fsp3) is 0.400. The Morgan fingerprint density at radius 2 is 2.20 bits per heavy atom. The molecule has 4 rings (SSSR count). The molecule has 2 bridgehead atoms. The molecule has 0 unspecified atom stereocenters. The molecule has 0 spiro atoms. The quantitative estimate of drug-likeness (QED) is 0.885. The number of hydrogen-bond acceptors (Lipinski definition) is 2. The second-order valence-electron chi connectivity index (χ2n) is 5.73. The Bertz CT molecular complexity index is 681. The van der Waals surface area contributed by atoms with Gasteiger partial charge in [-0.1, -0.05) is 0 Å². The van der Waals surface area contributed by atoms with E-state index in [0.29, 0.717) is 12.1 Å². The first kappa shape index (κ1) is 12.4. The van der Waals surface area contributed by atoms with Gasteiger partial charge in [0.1, 0.15) is 0 Å². The van der Waals surface area contributed by atoms with E-state index in [2.05, 4.69) is 26.6 Å². The SMILES string of the molecule is O=C(N[C@@H]1C[C@H]2CC[C@@H]1N2)c1ccn2ccc(Br)c2c1. The number of carbonyl (C=O) groups is 1. The number of halogens is 1. The lowest BCUT2D eigenvalue weighted by molar-refractivity contribution is 0.0931. The Morgan fingerprint density at radius 3 is 2.95 bits per heavy atom. The number of amides is 1. The molecule has 2 aromatic heterocycles. The first-order valence-corrected chi connectivity index (χ1v) is 7.83. The van der Waals surface area contributed by atoms with Crippen LogP contribution >= 0.6 is 15.9 Å². The molecule has 1 amide bonds. The van der Waals surface area contributed by atoms with Gasteiger partial charge < -0.3 is 15.0 Å². The number of nitrogens with zero attached hydrogens (tertiary/aromatic N) is 1. The van der Waals surface area contributed by atoms with Crippen LogP contribution in [0, 0.1) is 0 Å². The maximum Gasteiger partial charge on any atom is 0.251 e. The van der Waals surface area contributed by atoms with Crippen LogP contribution in [0.15, 0.2) is 35.1 Å². The normalized spacial score (nSPS) is 28.1. The first-order valence-electron chi connectivity index (χ1n) is 7.04. The topological polar surface area (TPSA) is 45.5 Å². The van der Waals surface area contributed by atoms with Crippen LogP contribution in [0.25, 0.3) is 5.52 Å². The lowest BCUT2D eigenvalue weighted by atomic mass is 9.95. The highest BCUT2D eigenvalue weighted by Crippen LogP contribution is 2.28. The molecule has 2 saturated heterocycles. The minimum absolute atomic E-state index is 0.0277. The monoisotopic (exact) mass is 333 g/mol. The van der Waals surface area contributed by atoms with Crippen LogP contribution in [0.4, 0.5) is 0 Å². The van der Waals surface area contributed by atoms with Crippen LogP contribution in [0.1, 0.15) is 29.6 Å². The number of pyridine rings is 1. The standard InChI is InChI=1S/C15H16BrN3O/c16-11-4-6-19-5-3-9(7-14(11)19)15(20)18-13-8-10-1-2-12(13)17-10/h3-7,10,12-13,17H,1-2,8H2,(H,18,20)/t10-,12+,13-/m1/s1. The van der Waals surface area contributed by atoms with E-state index in [1.54, 1.807) is 0 Å². The van der Waals surface area contributed by atoms with E-state index in [9.17, 15) is 4.79 Å². The van der Waals surface area contributed by atoms with Crippen molar-refractivity contribution in [1.82, 2.24) is 15.0 Å². The van der Waals surface area contributed by atoms with Gasteiger partial charge in [-0.2, -0.15) is 0 Å². The van der Waals surface area contributed by atoms with Gasteiger partial charge >= 0.3 is 0 Å². The minimum Gasteiger partial charge on any atom is -0.348 e. The Labute approximate surface area is 125 Å². The number of nitrogens with one attached hydrogen (secondary N) is 2. The highest BCUT2D eigenvalue weighted by atomic mass is 79.9. The van der Waals surface area contributed by atoms with Gasteiger partial charge in [0.05, 0.1) is 5.52 Å². The molecule has 2 fully saturated rings. The molecule has 2 aliphatic rings. The van der Waals surface area contributed by atoms with E-state index in [0.717, 1.165) is 22.0 Å². The van der Waals surface area contributed by atoms with Gasteiger partial charge in [-0.25, -0.2) is 0 Å². The summed E-state index contributed by atoms with van der Waals surface area (Å²) in [4.78, 5) is 12.4. The van der Waals surface area contributed by atoms with E-state index >= 15 is 0 Å². The summed E-state index contributed by atoms with van der Waals surface area (Å²) in [6, 6.07) is 7.14. The smallest absolute Gasteiger partial charge is 0.251 e. The number of hydrogen-bond donors (Lipinski definition) is 2. The largest absolute Gasteiger partial charge is 0.348 e. The van der Waals surface area contributed by atoms with Gasteiger partial charge in [0.25, 0.3) is 5.91 Å². The molecule has 4 heterocycles. The summed E-state index contributed by atoms with van der Waals surface area (Å²) < 4.78 is 3.01. The molecular formula is C15H16BrN3O. The Hall–Kier alpha value is -1.33. The van der Waals surface area contributed by atoms with Crippen LogP contribution in [0.5, 0.6) is 0 Å². The number of fused-ring (bicyclic) bond motifs is 3. The molecular weight excluding hydrogens is 318 g/mol. The summed E-state index contributed by atoms with van der Waals surface area (Å²) in [7, 11) is 0. The minimum atomic E-state index is 0.0277. The van der Waals surface area contributed by atoms with Crippen molar-refractivity contribution in [3.8, 4) is 0 Å². The van der Waals surface area contributed by atoms with Crippen LogP contribution in [-0.4, -0.2) is 28.4 Å². The summed E-state index contributed by atoms with van der Waals surface area (Å²) in [6.45, 7) is 0. The van der Waals surface area contributed by atoms with Crippen LogP contribution in [0.3, 0.4) is 0 Å². The Morgan fingerprint density at radius 1 is 1.35 bits per heavy atom. The zero-order valence-corrected chi connectivity index (χ0v) is 12.6. The molecule has 104 valence electrons. The van der Waals surface area contributed by atoms with Crippen molar-refractivity contribution < 1.29 is 4.79 Å². The first-order chi connectivity index (χ1) is 9.70. The van der Waals surface area contributed by atoms with Gasteiger partial charge in [-0.3, -0.25) is 4.79 Å². The Balaban J connectivity index is 1.56. The van der Waals surface area contributed by atoms with Crippen LogP contribution in [0.2, 0.25) is 0 Å². The fourth-order valence-corrected chi connectivity index (χ4v) is 3.88. The molecule has 4 nitrogen and oxygen atoms in total. The van der Waals surface area contributed by atoms with Crippen molar-refractivity contribution in [2.24, 2.45) is 0 Å². The average molecular weight is 334 g/mol. The maximum atomic E-state index is 12.4. The van der Waals surface area contributed by atoms with Gasteiger partial charge in [0.2, 0.25) is 0 Å². The van der Waals surface area contributed by atoms with Crippen molar-refractivity contribution >= 4 is 27.4 Å². The molecule has 2 aliphatic heterocycles. The molecule has 0 aliphatic carbocycles. The van der Waals surface area contributed by atoms with Crippen molar-refractivity contribution in [2.45, 2.75) is 37.4 Å². The summed E-state index contributed by atoms with van der Waals surface area (Å²) >= 11 is 3.50. The van der Waals surface area contributed by atoms with Gasteiger partial charge in [-0.05, 0) is 53.4 Å². The van der Waals surface area contributed by atoms with E-state index in [-0.39, 0.29) is 11.9 Å². The lowest BCUT2D eigenvalue weighted by Crippen LogP contribution is -2.42. The summed E-state index contributed by atoms with van der Waals surface area (Å²) in [5, 5.41) is 6.72. The predicted octanol–water partition coefficient (Wildman–Crippen LogP) is 2.32. The summed E-state index contributed by atoms with van der Waals surface area (Å²) in [6.07, 6.45) is 7.39. The van der Waals surface area contributed by atoms with Gasteiger partial charge in [0.15, 0.2) is 0 Å². The lowest BCUT2D eigenvalue weighted by Gasteiger charge is -2.21. The zero-order chi connectivity index (χ0) is 13.7. The van der Waals surface area contributed by atoms with Crippen molar-refractivity contribution in [2.75, 3.05) is 0 Å². The van der Waals surface area contributed by atoms with Gasteiger partial charge in [0, 0.05) is 40.6 Å². The highest BCUT2D eigenvalue weighted by molar-refractivity contribution is 9.10. The fourth-order valence-electron chi connectivity index (χ4n) is 3.44. The van der Waals surface area contributed by atoms with E-state index in [1.165, 1.54) is 12.8 Å². The van der Waals surface area contributed by atoms with Crippen molar-refractivity contribution in [1.29, 1.82) is 0 Å². The van der Waals surface area contributed by atoms with E-state index in [4.69, 9.17) is 0 Å². The maximum absolute atomic E-state index is 12.4. The van der Waals surface area contributed by atoms with Crippen LogP contribution in [-0.2, 0) is 0 Å². The Kier molecular flexibility index (Phi) is 2.86. The third-order valence-electron chi connectivity index (χ3n) is 4.49. The second kappa shape index (κ2) is 4.60. The second-order valence-corrected chi connectivity index (χ2v) is 6.59. The number of carbonyl (C=O) groups excluding carboxylic acids is 1. The van der Waals surface area contributed by atoms with E-state index in [1.807, 2.05) is 35.0 Å². The average Bonchev–Trinajstić information content (AvgIpc) is 3.15. The molecule has 20 heavy (non-hydrogen) atoms. The number of rotatable bonds is 2. The van der Waals surface area contributed by atoms with Crippen LogP contribution < -0.4 is 10.6 Å². The third kappa shape index (κ3) is 1.96. The van der Waals surface area contributed by atoms with Gasteiger partial charge in [-0.15, -0.1) is 0 Å². The summed E-state index contributed by atoms with van der Waals surface area (Å²) in [5.74, 6) is 0.0277. The zero-order valence-electron chi connectivity index (χ0n) is 11.0. The molecule has 2 aromatic rings. The molecule has 0 saturated carbocycles. The molecule has 0 radical (unpaired) electrons. The van der Waals surface area contributed by atoms with E-state index < -0.39 is 0 Å². The molecule has 2 N–H and O–H groups in total. The highest BCUT2D eigenvalue weighted by Gasteiger charge is 2.39. The third-order valence-corrected chi connectivity index (χ3v) is 5.16. The molecule has 0 aromatic carbocycles.